The normalized spacial score (nSPS) is 17.8. The summed E-state index contributed by atoms with van der Waals surface area (Å²) in [5.41, 5.74) is 0.851. The van der Waals surface area contributed by atoms with Gasteiger partial charge in [0.25, 0.3) is 0 Å². The van der Waals surface area contributed by atoms with Gasteiger partial charge in [0.2, 0.25) is 5.91 Å². The molecule has 0 bridgehead atoms. The lowest BCUT2D eigenvalue weighted by atomic mass is 10.2. The lowest BCUT2D eigenvalue weighted by Crippen LogP contribution is -2.42. The molecule has 0 spiro atoms. The summed E-state index contributed by atoms with van der Waals surface area (Å²) in [6.07, 6.45) is -0.260. The molecule has 8 heteroatoms. The first-order chi connectivity index (χ1) is 12.1. The Bertz CT molecular complexity index is 741. The van der Waals surface area contributed by atoms with E-state index in [4.69, 9.17) is 4.74 Å². The fourth-order valence-electron chi connectivity index (χ4n) is 2.74. The summed E-state index contributed by atoms with van der Waals surface area (Å²) in [5, 5.41) is 1.85. The van der Waals surface area contributed by atoms with E-state index >= 15 is 0 Å². The van der Waals surface area contributed by atoms with Gasteiger partial charge in [0, 0.05) is 13.1 Å². The summed E-state index contributed by atoms with van der Waals surface area (Å²) in [4.78, 5) is 25.4. The van der Waals surface area contributed by atoms with Crippen LogP contribution in [-0.2, 0) is 26.0 Å². The average Bonchev–Trinajstić information content (AvgIpc) is 3.08. The number of carbonyl (C=O) groups is 2. The second kappa shape index (κ2) is 8.07. The largest absolute Gasteiger partial charge is 0.445 e. The molecule has 1 aliphatic heterocycles. The summed E-state index contributed by atoms with van der Waals surface area (Å²) in [6.45, 7) is 5.44. The molecule has 0 radical (unpaired) electrons. The molecule has 0 saturated carbocycles. The number of benzene rings is 1. The Kier molecular flexibility index (Phi) is 6.28. The highest BCUT2D eigenvalue weighted by atomic mass is 32.2. The molecule has 1 heterocycles. The molecule has 1 aromatic rings. The number of amides is 2. The maximum absolute atomic E-state index is 12.5. The zero-order valence-corrected chi connectivity index (χ0v) is 16.2. The minimum atomic E-state index is -3.32. The van der Waals surface area contributed by atoms with Crippen molar-refractivity contribution in [2.24, 2.45) is 0 Å². The maximum Gasteiger partial charge on any atom is 0.407 e. The van der Waals surface area contributed by atoms with Gasteiger partial charge in [0.1, 0.15) is 13.2 Å². The third-order valence-electron chi connectivity index (χ3n) is 4.39. The lowest BCUT2D eigenvalue weighted by molar-refractivity contribution is -0.129. The molecule has 1 N–H and O–H groups in total. The molecule has 1 saturated heterocycles. The van der Waals surface area contributed by atoms with Crippen molar-refractivity contribution < 1.29 is 22.7 Å². The summed E-state index contributed by atoms with van der Waals surface area (Å²) >= 11 is 0. The van der Waals surface area contributed by atoms with Crippen LogP contribution in [0.15, 0.2) is 30.3 Å². The van der Waals surface area contributed by atoms with Crippen LogP contribution in [-0.4, -0.2) is 54.9 Å². The third-order valence-corrected chi connectivity index (χ3v) is 7.36. The number of nitrogens with zero attached hydrogens (tertiary/aromatic N) is 1. The van der Waals surface area contributed by atoms with E-state index in [1.807, 2.05) is 30.3 Å². The fraction of sp³-hybridized carbons (Fsp3) is 0.556. The van der Waals surface area contributed by atoms with Gasteiger partial charge in [-0.05, 0) is 32.8 Å². The van der Waals surface area contributed by atoms with E-state index in [-0.39, 0.29) is 25.6 Å². The first kappa shape index (κ1) is 20.2. The van der Waals surface area contributed by atoms with Crippen molar-refractivity contribution in [3.05, 3.63) is 35.9 Å². The highest BCUT2D eigenvalue weighted by Crippen LogP contribution is 2.27. The van der Waals surface area contributed by atoms with Crippen LogP contribution in [0.4, 0.5) is 4.79 Å². The number of sulfone groups is 1. The van der Waals surface area contributed by atoms with Crippen molar-refractivity contribution in [2.75, 3.05) is 19.6 Å². The molecule has 2 amide bonds. The molecule has 7 nitrogen and oxygen atoms in total. The van der Waals surface area contributed by atoms with Gasteiger partial charge in [-0.3, -0.25) is 4.79 Å². The second-order valence-electron chi connectivity index (χ2n) is 7.32. The molecule has 144 valence electrons. The Morgan fingerprint density at radius 3 is 2.50 bits per heavy atom. The van der Waals surface area contributed by atoms with Gasteiger partial charge >= 0.3 is 6.09 Å². The molecule has 0 unspecified atom stereocenters. The van der Waals surface area contributed by atoms with Crippen LogP contribution in [0.1, 0.15) is 32.8 Å². The molecule has 1 aromatic carbocycles. The van der Waals surface area contributed by atoms with Crippen LogP contribution < -0.4 is 5.32 Å². The number of nitrogens with one attached hydrogen (secondary N) is 1. The Morgan fingerprint density at radius 2 is 1.88 bits per heavy atom. The van der Waals surface area contributed by atoms with Crippen LogP contribution in [0.2, 0.25) is 0 Å². The summed E-state index contributed by atoms with van der Waals surface area (Å²) < 4.78 is 29.2. The van der Waals surface area contributed by atoms with E-state index in [0.717, 1.165) is 5.56 Å². The van der Waals surface area contributed by atoms with Crippen LogP contribution in [0.25, 0.3) is 0 Å². The van der Waals surface area contributed by atoms with E-state index in [9.17, 15) is 18.0 Å². The molecule has 1 atom stereocenters. The van der Waals surface area contributed by atoms with E-state index in [2.05, 4.69) is 5.32 Å². The van der Waals surface area contributed by atoms with E-state index in [1.165, 1.54) is 4.90 Å². The molecule has 1 fully saturated rings. The quantitative estimate of drug-likeness (QED) is 0.837. The topological polar surface area (TPSA) is 92.8 Å². The fourth-order valence-corrected chi connectivity index (χ4v) is 4.53. The smallest absolute Gasteiger partial charge is 0.407 e. The summed E-state index contributed by atoms with van der Waals surface area (Å²) in [7, 11) is -3.32. The van der Waals surface area contributed by atoms with Gasteiger partial charge in [-0.2, -0.15) is 0 Å². The van der Waals surface area contributed by atoms with Crippen LogP contribution in [0.5, 0.6) is 0 Å². The van der Waals surface area contributed by atoms with E-state index in [1.54, 1.807) is 20.8 Å². The van der Waals surface area contributed by atoms with Crippen LogP contribution >= 0.6 is 0 Å². The van der Waals surface area contributed by atoms with Crippen molar-refractivity contribution in [3.8, 4) is 0 Å². The van der Waals surface area contributed by atoms with Gasteiger partial charge in [0.15, 0.2) is 9.84 Å². The van der Waals surface area contributed by atoms with Crippen molar-refractivity contribution in [3.63, 3.8) is 0 Å². The summed E-state index contributed by atoms with van der Waals surface area (Å²) in [5.74, 6) is -0.312. The third kappa shape index (κ3) is 4.97. The molecule has 0 aromatic heterocycles. The molecule has 2 rings (SSSR count). The van der Waals surface area contributed by atoms with Gasteiger partial charge in [-0.15, -0.1) is 0 Å². The predicted octanol–water partition coefficient (Wildman–Crippen LogP) is 1.73. The zero-order chi connectivity index (χ0) is 19.4. The SMILES string of the molecule is CC(C)(C)S(=O)(=O)[C@@H]1CCN(C(=O)CNC(=O)OCc2ccccc2)C1. The Labute approximate surface area is 154 Å². The monoisotopic (exact) mass is 382 g/mol. The van der Waals surface area contributed by atoms with Gasteiger partial charge in [-0.1, -0.05) is 30.3 Å². The number of alkyl carbamates (subject to hydrolysis) is 1. The van der Waals surface area contributed by atoms with Gasteiger partial charge in [0.05, 0.1) is 10.00 Å². The number of hydrogen-bond acceptors (Lipinski definition) is 5. The standard InChI is InChI=1S/C18H26N2O5S/c1-18(2,3)26(23,24)15-9-10-20(12-15)16(21)11-19-17(22)25-13-14-7-5-4-6-8-14/h4-8,15H,9-13H2,1-3H3,(H,19,22)/t15-/m1/s1. The molecule has 1 aliphatic rings. The Hall–Kier alpha value is -2.09. The highest BCUT2D eigenvalue weighted by Gasteiger charge is 2.41. The highest BCUT2D eigenvalue weighted by molar-refractivity contribution is 7.93. The molecule has 0 aliphatic carbocycles. The van der Waals surface area contributed by atoms with Gasteiger partial charge < -0.3 is 15.0 Å². The Morgan fingerprint density at radius 1 is 1.23 bits per heavy atom. The summed E-state index contributed by atoms with van der Waals surface area (Å²) in [6, 6.07) is 9.22. The first-order valence-corrected chi connectivity index (χ1v) is 10.1. The predicted molar refractivity (Wildman–Crippen MR) is 98.3 cm³/mol. The van der Waals surface area contributed by atoms with Crippen LogP contribution in [0, 0.1) is 0 Å². The second-order valence-corrected chi connectivity index (χ2v) is 10.3. The van der Waals surface area contributed by atoms with E-state index < -0.39 is 25.9 Å². The number of rotatable bonds is 5. The zero-order valence-electron chi connectivity index (χ0n) is 15.4. The molecular weight excluding hydrogens is 356 g/mol. The molecular formula is C18H26N2O5S. The van der Waals surface area contributed by atoms with Crippen molar-refractivity contribution in [1.82, 2.24) is 10.2 Å². The van der Waals surface area contributed by atoms with Gasteiger partial charge in [-0.25, -0.2) is 13.2 Å². The van der Waals surface area contributed by atoms with E-state index in [0.29, 0.717) is 13.0 Å². The average molecular weight is 382 g/mol. The maximum atomic E-state index is 12.5. The number of likely N-dealkylation sites (tertiary alicyclic amines) is 1. The van der Waals surface area contributed by atoms with Crippen LogP contribution in [0.3, 0.4) is 0 Å². The minimum Gasteiger partial charge on any atom is -0.445 e. The minimum absolute atomic E-state index is 0.122. The number of carbonyl (C=O) groups excluding carboxylic acids is 2. The first-order valence-electron chi connectivity index (χ1n) is 8.57. The lowest BCUT2D eigenvalue weighted by Gasteiger charge is -2.24. The Balaban J connectivity index is 1.77. The van der Waals surface area contributed by atoms with Crippen molar-refractivity contribution in [2.45, 2.75) is 43.8 Å². The van der Waals surface area contributed by atoms with Crippen molar-refractivity contribution >= 4 is 21.8 Å². The number of ether oxygens (including phenoxy) is 1. The number of hydrogen-bond donors (Lipinski definition) is 1. The molecule has 26 heavy (non-hydrogen) atoms. The van der Waals surface area contributed by atoms with Crippen molar-refractivity contribution in [1.29, 1.82) is 0 Å².